The molecule has 3 aromatic rings. The van der Waals surface area contributed by atoms with Crippen LogP contribution in [0.1, 0.15) is 19.3 Å². The zero-order chi connectivity index (χ0) is 22.4. The van der Waals surface area contributed by atoms with Gasteiger partial charge in [0.05, 0.1) is 19.0 Å². The van der Waals surface area contributed by atoms with Crippen molar-refractivity contribution >= 4 is 23.3 Å². The quantitative estimate of drug-likeness (QED) is 0.635. The maximum absolute atomic E-state index is 13.8. The Hall–Kier alpha value is -3.43. The monoisotopic (exact) mass is 450 g/mol. The van der Waals surface area contributed by atoms with Gasteiger partial charge < -0.3 is 19.9 Å². The third-order valence-electron chi connectivity index (χ3n) is 7.09. The molecule has 172 valence electrons. The smallest absolute Gasteiger partial charge is 0.244 e. The number of hydrogen-bond acceptors (Lipinski definition) is 8. The molecule has 1 N–H and O–H groups in total. The van der Waals surface area contributed by atoms with E-state index in [0.29, 0.717) is 29.7 Å². The van der Waals surface area contributed by atoms with E-state index in [1.165, 1.54) is 18.9 Å². The van der Waals surface area contributed by atoms with Gasteiger partial charge in [-0.05, 0) is 49.3 Å². The summed E-state index contributed by atoms with van der Waals surface area (Å²) in [7, 11) is 1.61. The van der Waals surface area contributed by atoms with Gasteiger partial charge >= 0.3 is 0 Å². The molecule has 1 saturated carbocycles. The van der Waals surface area contributed by atoms with Crippen molar-refractivity contribution in [2.75, 3.05) is 41.9 Å². The highest BCUT2D eigenvalue weighted by molar-refractivity contribution is 5.59. The number of rotatable bonds is 5. The van der Waals surface area contributed by atoms with E-state index in [1.807, 2.05) is 27.9 Å². The largest absolute Gasteiger partial charge is 0.480 e. The Morgan fingerprint density at radius 3 is 2.73 bits per heavy atom. The van der Waals surface area contributed by atoms with E-state index < -0.39 is 0 Å². The standard InChI is InChI=1S/C23H27FN8O/c1-33-20-11-19(12-25-28-20)30-13-15-6-7-16(14-30)21(15)26-22-27-23-31(8-3-9-32(23)29-22)18-5-2-4-17(24)10-18/h2,4-5,10-12,15-16,21H,3,6-9,13-14H2,1H3,(H,26,29)/t15-,16?,21-/m0/s1. The van der Waals surface area contributed by atoms with Gasteiger partial charge in [0, 0.05) is 44.0 Å². The molecular formula is C23H27FN8O. The summed E-state index contributed by atoms with van der Waals surface area (Å²) >= 11 is 0. The van der Waals surface area contributed by atoms with Crippen LogP contribution in [0.25, 0.3) is 0 Å². The highest BCUT2D eigenvalue weighted by atomic mass is 19.1. The third kappa shape index (κ3) is 3.73. The molecule has 2 aliphatic heterocycles. The first-order valence-corrected chi connectivity index (χ1v) is 11.5. The minimum absolute atomic E-state index is 0.243. The van der Waals surface area contributed by atoms with Gasteiger partial charge in [0.15, 0.2) is 0 Å². The summed E-state index contributed by atoms with van der Waals surface area (Å²) in [5, 5.41) is 16.5. The number of piperidine rings is 1. The molecule has 4 heterocycles. The van der Waals surface area contributed by atoms with E-state index in [1.54, 1.807) is 19.2 Å². The van der Waals surface area contributed by atoms with Crippen LogP contribution >= 0.6 is 0 Å². The van der Waals surface area contributed by atoms with Crippen molar-refractivity contribution < 1.29 is 9.13 Å². The average molecular weight is 451 g/mol. The van der Waals surface area contributed by atoms with Gasteiger partial charge in [0.2, 0.25) is 17.8 Å². The van der Waals surface area contributed by atoms with Crippen molar-refractivity contribution in [3.8, 4) is 5.88 Å². The molecule has 1 aliphatic carbocycles. The molecule has 1 unspecified atom stereocenters. The summed E-state index contributed by atoms with van der Waals surface area (Å²) in [6, 6.07) is 8.95. The van der Waals surface area contributed by atoms with Crippen molar-refractivity contribution in [3.05, 3.63) is 42.3 Å². The van der Waals surface area contributed by atoms with Gasteiger partial charge in [-0.2, -0.15) is 10.1 Å². The van der Waals surface area contributed by atoms with E-state index in [9.17, 15) is 4.39 Å². The second-order valence-electron chi connectivity index (χ2n) is 9.07. The second kappa shape index (κ2) is 8.17. The molecule has 1 saturated heterocycles. The van der Waals surface area contributed by atoms with Gasteiger partial charge in [-0.1, -0.05) is 6.07 Å². The van der Waals surface area contributed by atoms with E-state index in [2.05, 4.69) is 20.4 Å². The van der Waals surface area contributed by atoms with Gasteiger partial charge in [0.25, 0.3) is 0 Å². The zero-order valence-corrected chi connectivity index (χ0v) is 18.6. The number of aromatic nitrogens is 5. The number of anilines is 4. The highest BCUT2D eigenvalue weighted by Crippen LogP contribution is 2.40. The minimum atomic E-state index is -0.243. The predicted octanol–water partition coefficient (Wildman–Crippen LogP) is 3.08. The van der Waals surface area contributed by atoms with Gasteiger partial charge in [0.1, 0.15) is 5.82 Å². The first kappa shape index (κ1) is 20.2. The van der Waals surface area contributed by atoms with Crippen molar-refractivity contribution in [1.82, 2.24) is 25.0 Å². The average Bonchev–Trinajstić information content (AvgIpc) is 3.34. The van der Waals surface area contributed by atoms with E-state index >= 15 is 0 Å². The van der Waals surface area contributed by atoms with Gasteiger partial charge in [-0.15, -0.1) is 10.2 Å². The molecule has 9 nitrogen and oxygen atoms in total. The molecule has 1 aromatic carbocycles. The molecule has 0 amide bonds. The lowest BCUT2D eigenvalue weighted by Gasteiger charge is -2.39. The molecule has 3 atom stereocenters. The number of benzene rings is 1. The van der Waals surface area contributed by atoms with Crippen LogP contribution in [-0.4, -0.2) is 57.7 Å². The molecule has 3 aliphatic rings. The van der Waals surface area contributed by atoms with Gasteiger partial charge in [-0.25, -0.2) is 9.07 Å². The van der Waals surface area contributed by atoms with E-state index in [4.69, 9.17) is 14.8 Å². The number of ether oxygens (including phenoxy) is 1. The Morgan fingerprint density at radius 2 is 1.94 bits per heavy atom. The van der Waals surface area contributed by atoms with Crippen LogP contribution in [0.3, 0.4) is 0 Å². The summed E-state index contributed by atoms with van der Waals surface area (Å²) in [5.41, 5.74) is 1.86. The molecule has 2 bridgehead atoms. The summed E-state index contributed by atoms with van der Waals surface area (Å²) in [6.07, 6.45) is 5.11. The topological polar surface area (TPSA) is 84.2 Å². The molecule has 0 spiro atoms. The van der Waals surface area contributed by atoms with Gasteiger partial charge in [-0.3, -0.25) is 0 Å². The Kier molecular flexibility index (Phi) is 5.00. The number of nitrogens with one attached hydrogen (secondary N) is 1. The fourth-order valence-corrected chi connectivity index (χ4v) is 5.54. The lowest BCUT2D eigenvalue weighted by Crippen LogP contribution is -2.48. The lowest BCUT2D eigenvalue weighted by atomic mass is 9.92. The number of fused-ring (bicyclic) bond motifs is 3. The van der Waals surface area contributed by atoms with Crippen LogP contribution in [0.2, 0.25) is 0 Å². The fraction of sp³-hybridized carbons (Fsp3) is 0.478. The Labute approximate surface area is 191 Å². The van der Waals surface area contributed by atoms with Crippen LogP contribution in [-0.2, 0) is 6.54 Å². The highest BCUT2D eigenvalue weighted by Gasteiger charge is 2.43. The van der Waals surface area contributed by atoms with E-state index in [0.717, 1.165) is 49.9 Å². The normalized spacial score (nSPS) is 24.0. The lowest BCUT2D eigenvalue weighted by molar-refractivity contribution is 0.372. The maximum Gasteiger partial charge on any atom is 0.244 e. The van der Waals surface area contributed by atoms with Crippen LogP contribution in [0.4, 0.5) is 27.7 Å². The first-order chi connectivity index (χ1) is 16.2. The second-order valence-corrected chi connectivity index (χ2v) is 9.07. The summed E-state index contributed by atoms with van der Waals surface area (Å²) in [4.78, 5) is 9.26. The molecule has 6 rings (SSSR count). The molecule has 2 fully saturated rings. The Balaban J connectivity index is 1.19. The van der Waals surface area contributed by atoms with Crippen LogP contribution in [0.15, 0.2) is 36.5 Å². The van der Waals surface area contributed by atoms with Crippen LogP contribution < -0.4 is 19.9 Å². The minimum Gasteiger partial charge on any atom is -0.480 e. The van der Waals surface area contributed by atoms with Crippen molar-refractivity contribution in [2.24, 2.45) is 11.8 Å². The number of hydrogen-bond donors (Lipinski definition) is 1. The number of aryl methyl sites for hydroxylation is 1. The predicted molar refractivity (Wildman–Crippen MR) is 122 cm³/mol. The summed E-state index contributed by atoms with van der Waals surface area (Å²) < 4.78 is 21.0. The van der Waals surface area contributed by atoms with Crippen molar-refractivity contribution in [2.45, 2.75) is 31.8 Å². The zero-order valence-electron chi connectivity index (χ0n) is 18.6. The maximum atomic E-state index is 13.8. The molecule has 33 heavy (non-hydrogen) atoms. The fourth-order valence-electron chi connectivity index (χ4n) is 5.54. The SMILES string of the molecule is COc1cc(N2CC3CC[C@@H](C2)[C@@H]3Nc2nc3n(n2)CCCN3c2cccc(F)c2)cnn1. The third-order valence-corrected chi connectivity index (χ3v) is 7.09. The van der Waals surface area contributed by atoms with Crippen LogP contribution in [0.5, 0.6) is 5.88 Å². The number of methoxy groups -OCH3 is 1. The Morgan fingerprint density at radius 1 is 1.09 bits per heavy atom. The molecule has 2 aromatic heterocycles. The molecular weight excluding hydrogens is 423 g/mol. The molecule has 0 radical (unpaired) electrons. The number of halogens is 1. The summed E-state index contributed by atoms with van der Waals surface area (Å²) in [6.45, 7) is 3.52. The summed E-state index contributed by atoms with van der Waals surface area (Å²) in [5.74, 6) is 2.74. The first-order valence-electron chi connectivity index (χ1n) is 11.5. The van der Waals surface area contributed by atoms with Crippen molar-refractivity contribution in [3.63, 3.8) is 0 Å². The van der Waals surface area contributed by atoms with Crippen molar-refractivity contribution in [1.29, 1.82) is 0 Å². The molecule has 10 heteroatoms. The van der Waals surface area contributed by atoms with E-state index in [-0.39, 0.29) is 5.82 Å². The number of nitrogens with zero attached hydrogens (tertiary/aromatic N) is 7. The van der Waals surface area contributed by atoms with Crippen LogP contribution in [0, 0.1) is 17.7 Å². The Bertz CT molecular complexity index is 1140.